The van der Waals surface area contributed by atoms with Crippen molar-refractivity contribution < 1.29 is 4.79 Å². The Hall–Kier alpha value is -0.730. The molecule has 0 radical (unpaired) electrons. The van der Waals surface area contributed by atoms with E-state index in [-0.39, 0.29) is 6.03 Å². The Morgan fingerprint density at radius 3 is 2.35 bits per heavy atom. The SMILES string of the molecule is CC(C)CCC[C@@H](C)[C@H]1CCC2C3CCC4CC(NC(N)=O)CC[C@]4(C)C3CC[C@@]21C. The minimum atomic E-state index is -0.338. The molecule has 4 rings (SSSR count). The van der Waals surface area contributed by atoms with Gasteiger partial charge in [-0.2, -0.15) is 0 Å². The zero-order chi connectivity index (χ0) is 22.4. The third-order valence-corrected chi connectivity index (χ3v) is 11.2. The van der Waals surface area contributed by atoms with E-state index in [9.17, 15) is 4.79 Å². The molecule has 4 aliphatic carbocycles. The summed E-state index contributed by atoms with van der Waals surface area (Å²) in [6, 6.07) is -0.0289. The smallest absolute Gasteiger partial charge is 0.312 e. The molecule has 0 aromatic carbocycles. The van der Waals surface area contributed by atoms with Crippen LogP contribution in [0.5, 0.6) is 0 Å². The summed E-state index contributed by atoms with van der Waals surface area (Å²) in [5, 5.41) is 3.03. The average molecular weight is 431 g/mol. The number of hydrogen-bond donors (Lipinski definition) is 2. The highest BCUT2D eigenvalue weighted by molar-refractivity contribution is 5.71. The highest BCUT2D eigenvalue weighted by Gasteiger charge is 2.60. The maximum absolute atomic E-state index is 11.4. The fourth-order valence-electron chi connectivity index (χ4n) is 9.61. The van der Waals surface area contributed by atoms with Crippen LogP contribution in [-0.4, -0.2) is 12.1 Å². The van der Waals surface area contributed by atoms with Crippen molar-refractivity contribution in [2.75, 3.05) is 0 Å². The molecule has 4 fully saturated rings. The normalized spacial score (nSPS) is 45.5. The van der Waals surface area contributed by atoms with Gasteiger partial charge in [-0.3, -0.25) is 0 Å². The first-order valence-electron chi connectivity index (χ1n) is 13.7. The second-order valence-corrected chi connectivity index (χ2v) is 13.2. The van der Waals surface area contributed by atoms with E-state index in [4.69, 9.17) is 5.73 Å². The van der Waals surface area contributed by atoms with Crippen LogP contribution in [-0.2, 0) is 0 Å². The monoisotopic (exact) mass is 430 g/mol. The van der Waals surface area contributed by atoms with E-state index < -0.39 is 0 Å². The predicted molar refractivity (Wildman–Crippen MR) is 130 cm³/mol. The average Bonchev–Trinajstić information content (AvgIpc) is 3.05. The number of fused-ring (bicyclic) bond motifs is 5. The summed E-state index contributed by atoms with van der Waals surface area (Å²) in [4.78, 5) is 11.4. The Balaban J connectivity index is 1.43. The largest absolute Gasteiger partial charge is 0.352 e. The van der Waals surface area contributed by atoms with Crippen molar-refractivity contribution in [2.24, 2.45) is 58.0 Å². The summed E-state index contributed by atoms with van der Waals surface area (Å²) in [6.07, 6.45) is 16.5. The lowest BCUT2D eigenvalue weighted by molar-refractivity contribution is -0.117. The molecule has 0 aliphatic heterocycles. The van der Waals surface area contributed by atoms with Crippen LogP contribution in [0.1, 0.15) is 112 Å². The van der Waals surface area contributed by atoms with Crippen LogP contribution in [0.15, 0.2) is 0 Å². The Morgan fingerprint density at radius 1 is 0.935 bits per heavy atom. The molecule has 0 bridgehead atoms. The Bertz CT molecular complexity index is 647. The fraction of sp³-hybridized carbons (Fsp3) is 0.964. The molecule has 9 atom stereocenters. The van der Waals surface area contributed by atoms with Crippen molar-refractivity contribution in [2.45, 2.75) is 118 Å². The topological polar surface area (TPSA) is 55.1 Å². The van der Waals surface area contributed by atoms with Crippen molar-refractivity contribution in [1.82, 2.24) is 5.32 Å². The van der Waals surface area contributed by atoms with Gasteiger partial charge in [0.25, 0.3) is 0 Å². The summed E-state index contributed by atoms with van der Waals surface area (Å²) < 4.78 is 0. The van der Waals surface area contributed by atoms with Gasteiger partial charge in [0.1, 0.15) is 0 Å². The lowest BCUT2D eigenvalue weighted by Gasteiger charge is -2.61. The number of rotatable bonds is 6. The Kier molecular flexibility index (Phi) is 6.73. The van der Waals surface area contributed by atoms with Crippen LogP contribution >= 0.6 is 0 Å². The summed E-state index contributed by atoms with van der Waals surface area (Å²) in [5.74, 6) is 6.29. The van der Waals surface area contributed by atoms with Crippen molar-refractivity contribution in [3.05, 3.63) is 0 Å². The number of hydrogen-bond acceptors (Lipinski definition) is 1. The summed E-state index contributed by atoms with van der Waals surface area (Å²) in [7, 11) is 0. The maximum Gasteiger partial charge on any atom is 0.312 e. The molecular weight excluding hydrogens is 380 g/mol. The van der Waals surface area contributed by atoms with Gasteiger partial charge in [-0.25, -0.2) is 4.79 Å². The van der Waals surface area contributed by atoms with Gasteiger partial charge in [0.05, 0.1) is 0 Å². The van der Waals surface area contributed by atoms with Crippen molar-refractivity contribution in [3.63, 3.8) is 0 Å². The molecule has 0 spiro atoms. The summed E-state index contributed by atoms with van der Waals surface area (Å²) in [5.41, 5.74) is 6.51. The summed E-state index contributed by atoms with van der Waals surface area (Å²) >= 11 is 0. The summed E-state index contributed by atoms with van der Waals surface area (Å²) in [6.45, 7) is 12.6. The third-order valence-electron chi connectivity index (χ3n) is 11.2. The number of amides is 2. The van der Waals surface area contributed by atoms with E-state index in [1.807, 2.05) is 0 Å². The Morgan fingerprint density at radius 2 is 1.65 bits per heavy atom. The van der Waals surface area contributed by atoms with E-state index in [0.717, 1.165) is 54.3 Å². The number of nitrogens with one attached hydrogen (secondary N) is 1. The lowest BCUT2D eigenvalue weighted by atomic mass is 9.44. The van der Waals surface area contributed by atoms with Gasteiger partial charge in [-0.1, -0.05) is 53.9 Å². The number of primary amides is 1. The van der Waals surface area contributed by atoms with Gasteiger partial charge in [0.2, 0.25) is 0 Å². The van der Waals surface area contributed by atoms with Gasteiger partial charge < -0.3 is 11.1 Å². The van der Waals surface area contributed by atoms with E-state index >= 15 is 0 Å². The first-order valence-corrected chi connectivity index (χ1v) is 13.7. The predicted octanol–water partition coefficient (Wildman–Crippen LogP) is 7.14. The molecular formula is C28H50N2O. The van der Waals surface area contributed by atoms with Gasteiger partial charge in [-0.05, 0) is 110 Å². The minimum Gasteiger partial charge on any atom is -0.352 e. The van der Waals surface area contributed by atoms with E-state index in [0.29, 0.717) is 16.9 Å². The molecule has 3 heteroatoms. The fourth-order valence-corrected chi connectivity index (χ4v) is 9.61. The van der Waals surface area contributed by atoms with Crippen LogP contribution in [0.2, 0.25) is 0 Å². The molecule has 0 saturated heterocycles. The van der Waals surface area contributed by atoms with Crippen LogP contribution in [0.25, 0.3) is 0 Å². The molecule has 4 aliphatic rings. The quantitative estimate of drug-likeness (QED) is 0.462. The number of carbonyl (C=O) groups is 1. The highest BCUT2D eigenvalue weighted by atomic mass is 16.2. The van der Waals surface area contributed by atoms with Crippen LogP contribution in [0.3, 0.4) is 0 Å². The van der Waals surface area contributed by atoms with Gasteiger partial charge in [0.15, 0.2) is 0 Å². The molecule has 2 amide bonds. The highest BCUT2D eigenvalue weighted by Crippen LogP contribution is 2.68. The van der Waals surface area contributed by atoms with Crippen molar-refractivity contribution >= 4 is 6.03 Å². The first-order chi connectivity index (χ1) is 14.6. The number of nitrogens with two attached hydrogens (primary N) is 1. The first kappa shape index (κ1) is 23.4. The van der Waals surface area contributed by atoms with Crippen LogP contribution in [0, 0.1) is 52.3 Å². The second-order valence-electron chi connectivity index (χ2n) is 13.2. The zero-order valence-corrected chi connectivity index (χ0v) is 21.1. The lowest BCUT2D eigenvalue weighted by Crippen LogP contribution is -2.55. The molecule has 4 saturated carbocycles. The van der Waals surface area contributed by atoms with Crippen LogP contribution < -0.4 is 11.1 Å². The number of carbonyl (C=O) groups excluding carboxylic acids is 1. The molecule has 0 aromatic heterocycles. The van der Waals surface area contributed by atoms with Crippen molar-refractivity contribution in [1.29, 1.82) is 0 Å². The van der Waals surface area contributed by atoms with Crippen molar-refractivity contribution in [3.8, 4) is 0 Å². The van der Waals surface area contributed by atoms with E-state index in [1.54, 1.807) is 0 Å². The number of urea groups is 1. The molecule has 31 heavy (non-hydrogen) atoms. The molecule has 3 N–H and O–H groups in total. The Labute approximate surface area is 192 Å². The van der Waals surface area contributed by atoms with E-state index in [1.165, 1.54) is 64.2 Å². The van der Waals surface area contributed by atoms with E-state index in [2.05, 4.69) is 39.9 Å². The second kappa shape index (κ2) is 8.90. The van der Waals surface area contributed by atoms with Crippen LogP contribution in [0.4, 0.5) is 4.79 Å². The molecule has 0 heterocycles. The zero-order valence-electron chi connectivity index (χ0n) is 21.1. The third kappa shape index (κ3) is 4.29. The van der Waals surface area contributed by atoms with Gasteiger partial charge in [0, 0.05) is 6.04 Å². The minimum absolute atomic E-state index is 0.309. The molecule has 3 nitrogen and oxygen atoms in total. The molecule has 5 unspecified atom stereocenters. The van der Waals surface area contributed by atoms with Gasteiger partial charge >= 0.3 is 6.03 Å². The maximum atomic E-state index is 11.4. The van der Waals surface area contributed by atoms with Gasteiger partial charge in [-0.15, -0.1) is 0 Å². The standard InChI is InChI=1S/C28H50N2O/c1-18(2)7-6-8-19(3)23-11-12-24-22-10-9-20-17-21(30-26(29)31)13-15-27(20,4)25(22)14-16-28(23,24)5/h18-25H,6-17H2,1-5H3,(H3,29,30,31)/t19-,20?,21?,22?,23-,24?,25?,27+,28-/m1/s1. The molecule has 0 aromatic rings. The molecule has 178 valence electrons.